The third kappa shape index (κ3) is 4.55. The highest BCUT2D eigenvalue weighted by atomic mass is 14.9. The molecule has 7 rings (SSSR count). The summed E-state index contributed by atoms with van der Waals surface area (Å²) in [6.07, 6.45) is 3.73. The van der Waals surface area contributed by atoms with E-state index in [9.17, 15) is 0 Å². The molecule has 0 unspecified atom stereocenters. The van der Waals surface area contributed by atoms with Crippen molar-refractivity contribution in [3.8, 4) is 56.2 Å². The van der Waals surface area contributed by atoms with Crippen LogP contribution in [0.4, 0.5) is 0 Å². The Hall–Kier alpha value is -5.41. The molecule has 0 aliphatic heterocycles. The van der Waals surface area contributed by atoms with E-state index in [-0.39, 0.29) is 0 Å². The summed E-state index contributed by atoms with van der Waals surface area (Å²) in [5, 5.41) is 2.43. The van der Waals surface area contributed by atoms with E-state index in [0.29, 0.717) is 0 Å². The van der Waals surface area contributed by atoms with Crippen LogP contribution in [0.25, 0.3) is 66.9 Å². The minimum atomic E-state index is 0.720. The van der Waals surface area contributed by atoms with E-state index < -0.39 is 0 Å². The van der Waals surface area contributed by atoms with Crippen LogP contribution in [0.3, 0.4) is 0 Å². The summed E-state index contributed by atoms with van der Waals surface area (Å²) in [6, 6.07) is 48.3. The van der Waals surface area contributed by atoms with Crippen LogP contribution in [-0.4, -0.2) is 15.0 Å². The van der Waals surface area contributed by atoms with Gasteiger partial charge in [0.15, 0.2) is 5.82 Å². The summed E-state index contributed by atoms with van der Waals surface area (Å²) >= 11 is 0. The molecule has 0 amide bonds. The van der Waals surface area contributed by atoms with E-state index in [2.05, 4.69) is 102 Å². The van der Waals surface area contributed by atoms with E-state index in [1.165, 1.54) is 27.5 Å². The van der Waals surface area contributed by atoms with Crippen LogP contribution in [0.2, 0.25) is 0 Å². The average Bonchev–Trinajstić information content (AvgIpc) is 3.05. The van der Waals surface area contributed by atoms with Crippen LogP contribution < -0.4 is 0 Å². The molecular weight excluding hydrogens is 486 g/mol. The summed E-state index contributed by atoms with van der Waals surface area (Å²) in [6.45, 7) is 0. The number of pyridine rings is 1. The summed E-state index contributed by atoms with van der Waals surface area (Å²) in [5.41, 5.74) is 9.60. The second-order valence-electron chi connectivity index (χ2n) is 9.72. The zero-order valence-corrected chi connectivity index (χ0v) is 21.8. The maximum absolute atomic E-state index is 4.98. The van der Waals surface area contributed by atoms with E-state index in [1.807, 2.05) is 54.9 Å². The fourth-order valence-corrected chi connectivity index (χ4v) is 5.21. The highest BCUT2D eigenvalue weighted by molar-refractivity contribution is 6.04. The van der Waals surface area contributed by atoms with Crippen LogP contribution in [0.5, 0.6) is 0 Å². The molecule has 40 heavy (non-hydrogen) atoms. The zero-order chi connectivity index (χ0) is 26.7. The van der Waals surface area contributed by atoms with Crippen molar-refractivity contribution in [3.63, 3.8) is 0 Å². The van der Waals surface area contributed by atoms with Gasteiger partial charge >= 0.3 is 0 Å². The highest BCUT2D eigenvalue weighted by Crippen LogP contribution is 2.36. The topological polar surface area (TPSA) is 38.7 Å². The lowest BCUT2D eigenvalue weighted by Gasteiger charge is -2.13. The molecule has 0 bridgehead atoms. The van der Waals surface area contributed by atoms with Crippen molar-refractivity contribution in [1.29, 1.82) is 0 Å². The summed E-state index contributed by atoms with van der Waals surface area (Å²) < 4.78 is 0. The molecule has 2 aromatic heterocycles. The van der Waals surface area contributed by atoms with Crippen molar-refractivity contribution in [2.75, 3.05) is 0 Å². The Bertz CT molecular complexity index is 1860. The second kappa shape index (κ2) is 10.4. The first kappa shape index (κ1) is 23.7. The number of hydrogen-bond donors (Lipinski definition) is 0. The number of rotatable bonds is 5. The van der Waals surface area contributed by atoms with Gasteiger partial charge < -0.3 is 0 Å². The first-order valence-corrected chi connectivity index (χ1v) is 13.4. The summed E-state index contributed by atoms with van der Waals surface area (Å²) in [7, 11) is 0. The van der Waals surface area contributed by atoms with Gasteiger partial charge in [-0.2, -0.15) is 0 Å². The lowest BCUT2D eigenvalue weighted by molar-refractivity contribution is 1.18. The smallest absolute Gasteiger partial charge is 0.160 e. The molecule has 0 fully saturated rings. The molecule has 0 aliphatic carbocycles. The number of nitrogens with zero attached hydrogens (tertiary/aromatic N) is 3. The van der Waals surface area contributed by atoms with Gasteiger partial charge in [-0.15, -0.1) is 0 Å². The molecule has 2 heterocycles. The van der Waals surface area contributed by atoms with Gasteiger partial charge in [-0.1, -0.05) is 127 Å². The monoisotopic (exact) mass is 511 g/mol. The van der Waals surface area contributed by atoms with Gasteiger partial charge in [0.05, 0.1) is 11.4 Å². The van der Waals surface area contributed by atoms with E-state index in [4.69, 9.17) is 9.97 Å². The van der Waals surface area contributed by atoms with E-state index >= 15 is 0 Å². The number of fused-ring (bicyclic) bond motifs is 1. The summed E-state index contributed by atoms with van der Waals surface area (Å²) in [4.78, 5) is 14.2. The molecule has 7 aromatic rings. The van der Waals surface area contributed by atoms with Crippen molar-refractivity contribution in [1.82, 2.24) is 15.0 Å². The number of hydrogen-bond acceptors (Lipinski definition) is 3. The first-order chi connectivity index (χ1) is 19.8. The third-order valence-corrected chi connectivity index (χ3v) is 7.22. The first-order valence-electron chi connectivity index (χ1n) is 13.4. The molecule has 0 aliphatic rings. The maximum Gasteiger partial charge on any atom is 0.160 e. The molecule has 0 saturated carbocycles. The lowest BCUT2D eigenvalue weighted by Crippen LogP contribution is -1.95. The van der Waals surface area contributed by atoms with Crippen LogP contribution in [0, 0.1) is 0 Å². The van der Waals surface area contributed by atoms with Crippen molar-refractivity contribution in [2.24, 2.45) is 0 Å². The summed E-state index contributed by atoms with van der Waals surface area (Å²) in [5.74, 6) is 0.720. The molecule has 0 spiro atoms. The molecular formula is C37H25N3. The SMILES string of the molecule is c1ccc(-c2cc(-c3ccc(-c4ccc(-c5cccnc5)c5ccccc45)cc3)nc(-c3ccccc3)n2)cc1. The number of benzene rings is 5. The van der Waals surface area contributed by atoms with Gasteiger partial charge in [-0.05, 0) is 39.6 Å². The molecule has 0 radical (unpaired) electrons. The molecule has 3 nitrogen and oxygen atoms in total. The molecule has 0 atom stereocenters. The Morgan fingerprint density at radius 1 is 0.375 bits per heavy atom. The van der Waals surface area contributed by atoms with Gasteiger partial charge in [0, 0.05) is 34.6 Å². The fraction of sp³-hybridized carbons (Fsp3) is 0. The molecule has 5 aromatic carbocycles. The Morgan fingerprint density at radius 3 is 1.48 bits per heavy atom. The minimum Gasteiger partial charge on any atom is -0.264 e. The van der Waals surface area contributed by atoms with Crippen LogP contribution in [0.1, 0.15) is 0 Å². The molecule has 0 saturated heterocycles. The average molecular weight is 512 g/mol. The van der Waals surface area contributed by atoms with E-state index in [0.717, 1.165) is 39.5 Å². The number of aromatic nitrogens is 3. The van der Waals surface area contributed by atoms with Crippen molar-refractivity contribution < 1.29 is 0 Å². The fourth-order valence-electron chi connectivity index (χ4n) is 5.21. The lowest BCUT2D eigenvalue weighted by atomic mass is 9.92. The zero-order valence-electron chi connectivity index (χ0n) is 21.8. The molecule has 3 heteroatoms. The van der Waals surface area contributed by atoms with Crippen molar-refractivity contribution >= 4 is 10.8 Å². The predicted molar refractivity (Wildman–Crippen MR) is 165 cm³/mol. The Balaban J connectivity index is 1.31. The third-order valence-electron chi connectivity index (χ3n) is 7.22. The van der Waals surface area contributed by atoms with Gasteiger partial charge in [0.1, 0.15) is 0 Å². The van der Waals surface area contributed by atoms with Crippen molar-refractivity contribution in [3.05, 3.63) is 152 Å². The highest BCUT2D eigenvalue weighted by Gasteiger charge is 2.12. The van der Waals surface area contributed by atoms with Gasteiger partial charge in [0.2, 0.25) is 0 Å². The van der Waals surface area contributed by atoms with E-state index in [1.54, 1.807) is 0 Å². The Labute approximate surface area is 233 Å². The van der Waals surface area contributed by atoms with Crippen LogP contribution >= 0.6 is 0 Å². The van der Waals surface area contributed by atoms with Crippen LogP contribution in [-0.2, 0) is 0 Å². The maximum atomic E-state index is 4.98. The van der Waals surface area contributed by atoms with Crippen LogP contribution in [0.15, 0.2) is 152 Å². The Morgan fingerprint density at radius 2 is 0.875 bits per heavy atom. The predicted octanol–water partition coefficient (Wildman–Crippen LogP) is 9.36. The second-order valence-corrected chi connectivity index (χ2v) is 9.72. The largest absolute Gasteiger partial charge is 0.264 e. The van der Waals surface area contributed by atoms with Gasteiger partial charge in [-0.3, -0.25) is 4.98 Å². The van der Waals surface area contributed by atoms with Gasteiger partial charge in [0.25, 0.3) is 0 Å². The normalized spacial score (nSPS) is 11.0. The Kier molecular flexibility index (Phi) is 6.15. The van der Waals surface area contributed by atoms with Crippen molar-refractivity contribution in [2.45, 2.75) is 0 Å². The quantitative estimate of drug-likeness (QED) is 0.231. The van der Waals surface area contributed by atoms with Gasteiger partial charge in [-0.25, -0.2) is 9.97 Å². The molecule has 0 N–H and O–H groups in total. The minimum absolute atomic E-state index is 0.720. The molecule has 188 valence electrons. The standard InChI is InChI=1S/C37H25N3/c1-3-10-27(11-4-1)35-24-36(40-37(39-35)29-12-5-2-6-13-29)28-19-17-26(18-20-28)31-21-22-32(30-14-9-23-38-25-30)34-16-8-7-15-33(31)34/h1-25H.